The molecule has 12 aromatic rings. The maximum Gasteiger partial charge on any atom is 0.0561 e. The van der Waals surface area contributed by atoms with Crippen LogP contribution in [0.15, 0.2) is 206 Å². The summed E-state index contributed by atoms with van der Waals surface area (Å²) in [6.07, 6.45) is 0. The summed E-state index contributed by atoms with van der Waals surface area (Å²) in [5, 5.41) is 12.5. The van der Waals surface area contributed by atoms with Crippen LogP contribution in [0.1, 0.15) is 0 Å². The lowest BCUT2D eigenvalue weighted by Crippen LogP contribution is -2.10. The number of rotatable bonds is 5. The van der Waals surface area contributed by atoms with Crippen molar-refractivity contribution >= 4 is 103 Å². The molecule has 0 aliphatic heterocycles. The fraction of sp³-hybridized carbons (Fsp3) is 0. The van der Waals surface area contributed by atoms with Crippen molar-refractivity contribution in [2.24, 2.45) is 0 Å². The molecule has 2 nitrogen and oxygen atoms in total. The lowest BCUT2D eigenvalue weighted by atomic mass is 10.00. The van der Waals surface area contributed by atoms with Gasteiger partial charge in [-0.3, -0.25) is 0 Å². The van der Waals surface area contributed by atoms with Crippen molar-refractivity contribution in [1.82, 2.24) is 4.57 Å². The van der Waals surface area contributed by atoms with Crippen molar-refractivity contribution in [2.45, 2.75) is 0 Å². The van der Waals surface area contributed by atoms with E-state index in [9.17, 15) is 0 Å². The summed E-state index contributed by atoms with van der Waals surface area (Å²) in [7, 11) is 0. The molecule has 0 atom stereocenters. The van der Waals surface area contributed by atoms with E-state index in [1.165, 1.54) is 91.1 Å². The summed E-state index contributed by atoms with van der Waals surface area (Å²) in [4.78, 5) is 2.49. The SMILES string of the molecule is c1ccc(-c2ccc3ccc(N(c4ccc5c6cc7ccccc7cc6n(-c6ccccc6)c5c4)c4cccc5sc6cc7ccccc7cc6c45)cc3c2)cc1. The molecule has 12 rings (SSSR count). The first-order valence-electron chi connectivity index (χ1n) is 19.5. The van der Waals surface area contributed by atoms with Crippen LogP contribution in [0, 0.1) is 0 Å². The second-order valence-corrected chi connectivity index (χ2v) is 16.1. The number of aromatic nitrogens is 1. The van der Waals surface area contributed by atoms with E-state index in [4.69, 9.17) is 0 Å². The third-order valence-corrected chi connectivity index (χ3v) is 12.8. The molecule has 2 aromatic heterocycles. The molecule has 2 heterocycles. The first kappa shape index (κ1) is 32.1. The van der Waals surface area contributed by atoms with Gasteiger partial charge in [0.1, 0.15) is 0 Å². The average molecular weight is 743 g/mol. The third kappa shape index (κ3) is 5.17. The minimum atomic E-state index is 1.11. The van der Waals surface area contributed by atoms with Crippen LogP contribution in [0.2, 0.25) is 0 Å². The van der Waals surface area contributed by atoms with Crippen LogP contribution in [0.4, 0.5) is 17.1 Å². The molecule has 0 fully saturated rings. The lowest BCUT2D eigenvalue weighted by molar-refractivity contribution is 1.18. The molecule has 0 saturated carbocycles. The van der Waals surface area contributed by atoms with Crippen molar-refractivity contribution in [1.29, 1.82) is 0 Å². The largest absolute Gasteiger partial charge is 0.310 e. The molecular formula is C54H34N2S. The number of para-hydroxylation sites is 1. The van der Waals surface area contributed by atoms with Crippen LogP contribution in [-0.2, 0) is 0 Å². The second-order valence-electron chi connectivity index (χ2n) is 15.0. The van der Waals surface area contributed by atoms with Gasteiger partial charge in [0.05, 0.1) is 16.7 Å². The predicted molar refractivity (Wildman–Crippen MR) is 246 cm³/mol. The molecule has 0 aliphatic carbocycles. The fourth-order valence-corrected chi connectivity index (χ4v) is 10.1. The molecule has 57 heavy (non-hydrogen) atoms. The monoisotopic (exact) mass is 742 g/mol. The molecule has 0 radical (unpaired) electrons. The van der Waals surface area contributed by atoms with Crippen LogP contribution in [-0.4, -0.2) is 4.57 Å². The normalized spacial score (nSPS) is 11.9. The zero-order chi connectivity index (χ0) is 37.5. The van der Waals surface area contributed by atoms with Gasteiger partial charge >= 0.3 is 0 Å². The molecule has 0 unspecified atom stereocenters. The van der Waals surface area contributed by atoms with Crippen molar-refractivity contribution in [3.05, 3.63) is 206 Å². The Morgan fingerprint density at radius 1 is 0.351 bits per heavy atom. The van der Waals surface area contributed by atoms with Gasteiger partial charge in [0.15, 0.2) is 0 Å². The van der Waals surface area contributed by atoms with E-state index < -0.39 is 0 Å². The number of hydrogen-bond donors (Lipinski definition) is 0. The second kappa shape index (κ2) is 12.7. The van der Waals surface area contributed by atoms with Crippen molar-refractivity contribution < 1.29 is 0 Å². The Bertz CT molecular complexity index is 3520. The molecule has 0 amide bonds. The summed E-state index contributed by atoms with van der Waals surface area (Å²) in [5.41, 5.74) is 9.35. The van der Waals surface area contributed by atoms with Crippen LogP contribution in [0.25, 0.3) is 91.1 Å². The molecule has 3 heteroatoms. The van der Waals surface area contributed by atoms with E-state index in [0.717, 1.165) is 17.1 Å². The number of fused-ring (bicyclic) bond motifs is 9. The van der Waals surface area contributed by atoms with E-state index in [1.807, 2.05) is 11.3 Å². The highest BCUT2D eigenvalue weighted by atomic mass is 32.1. The summed E-state index contributed by atoms with van der Waals surface area (Å²) >= 11 is 1.88. The number of hydrogen-bond acceptors (Lipinski definition) is 2. The standard InChI is InChI=1S/C54H34N2S/c1-3-12-35(13-4-1)41-23-22-36-24-25-44(29-42(36)28-41)55(49-20-11-21-52-54(49)48-31-38-15-8-10-17-40(38)33-53(48)57-52)45-26-27-46-47-30-37-14-7-9-16-39(37)32-50(47)56(51(46)34-45)43-18-5-2-6-19-43/h1-34H. The average Bonchev–Trinajstić information content (AvgIpc) is 3.79. The minimum Gasteiger partial charge on any atom is -0.310 e. The highest BCUT2D eigenvalue weighted by Crippen LogP contribution is 2.47. The lowest BCUT2D eigenvalue weighted by Gasteiger charge is -2.27. The van der Waals surface area contributed by atoms with Gasteiger partial charge in [-0.1, -0.05) is 127 Å². The van der Waals surface area contributed by atoms with Crippen LogP contribution in [0.5, 0.6) is 0 Å². The molecule has 0 aliphatic rings. The van der Waals surface area contributed by atoms with Gasteiger partial charge in [0.25, 0.3) is 0 Å². The van der Waals surface area contributed by atoms with E-state index >= 15 is 0 Å². The number of thiophene rings is 1. The Balaban J connectivity index is 1.16. The van der Waals surface area contributed by atoms with Crippen LogP contribution >= 0.6 is 11.3 Å². The van der Waals surface area contributed by atoms with Gasteiger partial charge in [-0.25, -0.2) is 0 Å². The van der Waals surface area contributed by atoms with Crippen LogP contribution < -0.4 is 4.90 Å². The Morgan fingerprint density at radius 2 is 0.982 bits per heavy atom. The van der Waals surface area contributed by atoms with E-state index in [0.29, 0.717) is 0 Å². The van der Waals surface area contributed by atoms with Crippen LogP contribution in [0.3, 0.4) is 0 Å². The predicted octanol–water partition coefficient (Wildman–Crippen LogP) is 15.7. The van der Waals surface area contributed by atoms with Gasteiger partial charge in [-0.2, -0.15) is 0 Å². The summed E-state index contributed by atoms with van der Waals surface area (Å²) in [6.45, 7) is 0. The molecule has 10 aromatic carbocycles. The highest BCUT2D eigenvalue weighted by Gasteiger charge is 2.22. The molecule has 266 valence electrons. The first-order chi connectivity index (χ1) is 28.2. The molecule has 0 bridgehead atoms. The molecule has 0 saturated heterocycles. The Labute approximate surface area is 333 Å². The van der Waals surface area contributed by atoms with Crippen molar-refractivity contribution in [3.63, 3.8) is 0 Å². The molecule has 0 spiro atoms. The number of nitrogens with zero attached hydrogens (tertiary/aromatic N) is 2. The quantitative estimate of drug-likeness (QED) is 0.170. The van der Waals surface area contributed by atoms with E-state index in [2.05, 4.69) is 216 Å². The minimum absolute atomic E-state index is 1.11. The fourth-order valence-electron chi connectivity index (χ4n) is 8.98. The topological polar surface area (TPSA) is 8.17 Å². The van der Waals surface area contributed by atoms with Gasteiger partial charge in [-0.05, 0) is 122 Å². The maximum absolute atomic E-state index is 2.49. The molecular weight excluding hydrogens is 709 g/mol. The zero-order valence-electron chi connectivity index (χ0n) is 30.9. The summed E-state index contributed by atoms with van der Waals surface area (Å²) < 4.78 is 5.02. The third-order valence-electron chi connectivity index (χ3n) is 11.7. The van der Waals surface area contributed by atoms with Gasteiger partial charge in [0.2, 0.25) is 0 Å². The Kier molecular flexibility index (Phi) is 7.13. The Hall–Kier alpha value is -7.20. The van der Waals surface area contributed by atoms with Gasteiger partial charge < -0.3 is 9.47 Å². The van der Waals surface area contributed by atoms with Crippen molar-refractivity contribution in [2.75, 3.05) is 4.90 Å². The molecule has 0 N–H and O–H groups in total. The maximum atomic E-state index is 2.49. The van der Waals surface area contributed by atoms with E-state index in [1.54, 1.807) is 0 Å². The number of benzene rings is 10. The first-order valence-corrected chi connectivity index (χ1v) is 20.3. The Morgan fingerprint density at radius 3 is 1.77 bits per heavy atom. The zero-order valence-corrected chi connectivity index (χ0v) is 31.7. The van der Waals surface area contributed by atoms with Gasteiger partial charge in [0, 0.05) is 48.0 Å². The number of anilines is 3. The van der Waals surface area contributed by atoms with Crippen molar-refractivity contribution in [3.8, 4) is 16.8 Å². The summed E-state index contributed by atoms with van der Waals surface area (Å²) in [5.74, 6) is 0. The van der Waals surface area contributed by atoms with Gasteiger partial charge in [-0.15, -0.1) is 11.3 Å². The highest BCUT2D eigenvalue weighted by molar-refractivity contribution is 7.26. The smallest absolute Gasteiger partial charge is 0.0561 e. The van der Waals surface area contributed by atoms with E-state index in [-0.39, 0.29) is 0 Å². The summed E-state index contributed by atoms with van der Waals surface area (Å²) in [6, 6.07) is 75.9.